The Morgan fingerprint density at radius 3 is 3.05 bits per heavy atom. The van der Waals surface area contributed by atoms with Gasteiger partial charge in [-0.1, -0.05) is 25.1 Å². The summed E-state index contributed by atoms with van der Waals surface area (Å²) in [5, 5.41) is 4.27. The third-order valence-electron chi connectivity index (χ3n) is 3.63. The molecule has 0 spiro atoms. The van der Waals surface area contributed by atoms with Crippen LogP contribution < -0.4 is 4.74 Å². The lowest BCUT2D eigenvalue weighted by molar-refractivity contribution is 0.305. The van der Waals surface area contributed by atoms with Gasteiger partial charge in [-0.15, -0.1) is 0 Å². The van der Waals surface area contributed by atoms with Crippen molar-refractivity contribution in [3.05, 3.63) is 47.3 Å². The van der Waals surface area contributed by atoms with Crippen molar-refractivity contribution < 1.29 is 4.74 Å². The van der Waals surface area contributed by atoms with Crippen molar-refractivity contribution in [2.75, 3.05) is 0 Å². The van der Waals surface area contributed by atoms with Gasteiger partial charge in [0.2, 0.25) is 0 Å². The van der Waals surface area contributed by atoms with E-state index in [0.29, 0.717) is 6.61 Å². The Morgan fingerprint density at radius 2 is 2.16 bits per heavy atom. The minimum atomic E-state index is 0.630. The molecule has 0 N–H and O–H groups in total. The molecule has 3 rings (SSSR count). The summed E-state index contributed by atoms with van der Waals surface area (Å²) in [6.45, 7) is 3.72. The number of rotatable bonds is 5. The Labute approximate surface area is 114 Å². The van der Waals surface area contributed by atoms with E-state index in [4.69, 9.17) is 4.74 Å². The summed E-state index contributed by atoms with van der Waals surface area (Å²) in [7, 11) is 0. The van der Waals surface area contributed by atoms with Crippen molar-refractivity contribution in [3.63, 3.8) is 0 Å². The van der Waals surface area contributed by atoms with Gasteiger partial charge in [-0.2, -0.15) is 5.10 Å². The second-order valence-corrected chi connectivity index (χ2v) is 5.18. The van der Waals surface area contributed by atoms with Crippen LogP contribution in [0, 0.1) is 0 Å². The lowest BCUT2D eigenvalue weighted by atomic mass is 10.1. The smallest absolute Gasteiger partial charge is 0.157 e. The molecule has 1 aromatic carbocycles. The number of aromatic nitrogens is 2. The zero-order valence-electron chi connectivity index (χ0n) is 11.4. The van der Waals surface area contributed by atoms with Gasteiger partial charge in [-0.25, -0.2) is 0 Å². The van der Waals surface area contributed by atoms with Crippen molar-refractivity contribution in [2.24, 2.45) is 0 Å². The fraction of sp³-hybridized carbons (Fsp3) is 0.438. The van der Waals surface area contributed by atoms with Crippen molar-refractivity contribution in [2.45, 2.75) is 45.8 Å². The maximum Gasteiger partial charge on any atom is 0.157 e. The number of nitrogens with zero attached hydrogens (tertiary/aromatic N) is 2. The Hall–Kier alpha value is -1.77. The van der Waals surface area contributed by atoms with Gasteiger partial charge in [0.05, 0.1) is 12.4 Å². The molecular weight excluding hydrogens is 236 g/mol. The number of hydrogen-bond acceptors (Lipinski definition) is 2. The second-order valence-electron chi connectivity index (χ2n) is 5.18. The molecule has 100 valence electrons. The molecule has 3 heteroatoms. The van der Waals surface area contributed by atoms with Gasteiger partial charge >= 0.3 is 0 Å². The van der Waals surface area contributed by atoms with Crippen LogP contribution in [0.5, 0.6) is 5.75 Å². The first kappa shape index (κ1) is 12.3. The summed E-state index contributed by atoms with van der Waals surface area (Å²) >= 11 is 0. The first-order valence-electron chi connectivity index (χ1n) is 7.11. The Bertz CT molecular complexity index is 560. The van der Waals surface area contributed by atoms with Crippen LogP contribution in [0.1, 0.15) is 36.5 Å². The van der Waals surface area contributed by atoms with E-state index in [1.54, 1.807) is 6.20 Å². The van der Waals surface area contributed by atoms with E-state index in [1.165, 1.54) is 36.0 Å². The van der Waals surface area contributed by atoms with Gasteiger partial charge in [-0.3, -0.25) is 4.68 Å². The molecule has 0 saturated heterocycles. The van der Waals surface area contributed by atoms with E-state index in [2.05, 4.69) is 30.2 Å². The molecule has 1 aliphatic rings. The van der Waals surface area contributed by atoms with Crippen LogP contribution in [0.2, 0.25) is 0 Å². The van der Waals surface area contributed by atoms with E-state index in [1.807, 2.05) is 10.9 Å². The fourth-order valence-electron chi connectivity index (χ4n) is 2.65. The van der Waals surface area contributed by atoms with Crippen molar-refractivity contribution >= 4 is 0 Å². The number of aryl methyl sites for hydroxylation is 3. The van der Waals surface area contributed by atoms with Crippen LogP contribution >= 0.6 is 0 Å². The Morgan fingerprint density at radius 1 is 1.26 bits per heavy atom. The summed E-state index contributed by atoms with van der Waals surface area (Å²) in [4.78, 5) is 0. The minimum absolute atomic E-state index is 0.630. The summed E-state index contributed by atoms with van der Waals surface area (Å²) in [6.07, 6.45) is 8.60. The molecule has 3 nitrogen and oxygen atoms in total. The first-order chi connectivity index (χ1) is 9.35. The van der Waals surface area contributed by atoms with Gasteiger partial charge in [-0.05, 0) is 42.4 Å². The fourth-order valence-corrected chi connectivity index (χ4v) is 2.65. The van der Waals surface area contributed by atoms with E-state index < -0.39 is 0 Å². The first-order valence-corrected chi connectivity index (χ1v) is 7.11. The third-order valence-corrected chi connectivity index (χ3v) is 3.63. The topological polar surface area (TPSA) is 27.1 Å². The molecule has 1 aliphatic carbocycles. The summed E-state index contributed by atoms with van der Waals surface area (Å²) < 4.78 is 7.72. The molecule has 0 amide bonds. The standard InChI is InChI=1S/C16H20N2O/c1-2-8-18-11-16(10-17-18)19-12-13-6-7-14-4-3-5-15(14)9-13/h6-7,9-11H,2-5,8,12H2,1H3. The predicted octanol–water partition coefficient (Wildman–Crippen LogP) is 3.36. The predicted molar refractivity (Wildman–Crippen MR) is 75.3 cm³/mol. The molecule has 19 heavy (non-hydrogen) atoms. The summed E-state index contributed by atoms with van der Waals surface area (Å²) in [5.74, 6) is 0.856. The molecule has 1 heterocycles. The Kier molecular flexibility index (Phi) is 3.53. The van der Waals surface area contributed by atoms with Gasteiger partial charge in [0.25, 0.3) is 0 Å². The summed E-state index contributed by atoms with van der Waals surface area (Å²) in [6, 6.07) is 6.72. The van der Waals surface area contributed by atoms with Gasteiger partial charge in [0.15, 0.2) is 5.75 Å². The van der Waals surface area contributed by atoms with Crippen molar-refractivity contribution in [3.8, 4) is 5.75 Å². The second kappa shape index (κ2) is 5.47. The van der Waals surface area contributed by atoms with E-state index in [-0.39, 0.29) is 0 Å². The van der Waals surface area contributed by atoms with Crippen LogP contribution in [0.15, 0.2) is 30.6 Å². The Balaban J connectivity index is 1.62. The molecule has 0 saturated carbocycles. The van der Waals surface area contributed by atoms with Crippen LogP contribution in [-0.4, -0.2) is 9.78 Å². The normalized spacial score (nSPS) is 13.5. The maximum absolute atomic E-state index is 5.80. The van der Waals surface area contributed by atoms with E-state index >= 15 is 0 Å². The third kappa shape index (κ3) is 2.80. The molecule has 0 bridgehead atoms. The van der Waals surface area contributed by atoms with Crippen LogP contribution in [0.4, 0.5) is 0 Å². The monoisotopic (exact) mass is 256 g/mol. The molecule has 0 fully saturated rings. The maximum atomic E-state index is 5.80. The highest BCUT2D eigenvalue weighted by Gasteiger charge is 2.10. The lowest BCUT2D eigenvalue weighted by Crippen LogP contribution is -1.97. The minimum Gasteiger partial charge on any atom is -0.486 e. The van der Waals surface area contributed by atoms with Crippen molar-refractivity contribution in [1.82, 2.24) is 9.78 Å². The van der Waals surface area contributed by atoms with Crippen LogP contribution in [0.3, 0.4) is 0 Å². The van der Waals surface area contributed by atoms with Gasteiger partial charge in [0, 0.05) is 6.54 Å². The van der Waals surface area contributed by atoms with Gasteiger partial charge < -0.3 is 4.74 Å². The van der Waals surface area contributed by atoms with Crippen LogP contribution in [0.25, 0.3) is 0 Å². The highest BCUT2D eigenvalue weighted by Crippen LogP contribution is 2.23. The SMILES string of the molecule is CCCn1cc(OCc2ccc3c(c2)CCC3)cn1. The van der Waals surface area contributed by atoms with E-state index in [0.717, 1.165) is 18.7 Å². The highest BCUT2D eigenvalue weighted by molar-refractivity contribution is 5.35. The summed E-state index contributed by atoms with van der Waals surface area (Å²) in [5.41, 5.74) is 4.27. The molecular formula is C16H20N2O. The average molecular weight is 256 g/mol. The molecule has 0 atom stereocenters. The largest absolute Gasteiger partial charge is 0.486 e. The zero-order valence-corrected chi connectivity index (χ0v) is 11.4. The molecule has 2 aromatic rings. The van der Waals surface area contributed by atoms with E-state index in [9.17, 15) is 0 Å². The highest BCUT2D eigenvalue weighted by atomic mass is 16.5. The number of fused-ring (bicyclic) bond motifs is 1. The molecule has 0 radical (unpaired) electrons. The zero-order chi connectivity index (χ0) is 13.1. The lowest BCUT2D eigenvalue weighted by Gasteiger charge is -2.06. The molecule has 1 aromatic heterocycles. The number of benzene rings is 1. The number of ether oxygens (including phenoxy) is 1. The van der Waals surface area contributed by atoms with Crippen molar-refractivity contribution in [1.29, 1.82) is 0 Å². The average Bonchev–Trinajstić information content (AvgIpc) is 3.04. The van der Waals surface area contributed by atoms with Crippen LogP contribution in [-0.2, 0) is 26.0 Å². The number of hydrogen-bond donors (Lipinski definition) is 0. The van der Waals surface area contributed by atoms with Gasteiger partial charge in [0.1, 0.15) is 6.61 Å². The molecule has 0 unspecified atom stereocenters. The quantitative estimate of drug-likeness (QED) is 0.820. The molecule has 0 aliphatic heterocycles.